The predicted molar refractivity (Wildman–Crippen MR) is 107 cm³/mol. The van der Waals surface area contributed by atoms with Gasteiger partial charge in [0.15, 0.2) is 12.4 Å². The SMILES string of the molecule is N#CC(=C=[N-])C1=N[C@](O)(C2CC2)[C@H]([n+]2ccccc2)[C@H](c2ccccc2F)[C@H]1C#N. The molecule has 30 heavy (non-hydrogen) atoms. The van der Waals surface area contributed by atoms with Crippen molar-refractivity contribution in [3.63, 3.8) is 0 Å². The van der Waals surface area contributed by atoms with Gasteiger partial charge in [-0.05, 0) is 24.5 Å². The van der Waals surface area contributed by atoms with E-state index in [9.17, 15) is 25.4 Å². The third kappa shape index (κ3) is 3.11. The van der Waals surface area contributed by atoms with Crippen LogP contribution in [-0.2, 0) is 0 Å². The van der Waals surface area contributed by atoms with Gasteiger partial charge in [0, 0.05) is 18.1 Å². The largest absolute Gasteiger partial charge is 0.762 e. The minimum absolute atomic E-state index is 0.0714. The Morgan fingerprint density at radius 3 is 2.43 bits per heavy atom. The van der Waals surface area contributed by atoms with E-state index in [0.29, 0.717) is 12.8 Å². The Bertz CT molecular complexity index is 1140. The summed E-state index contributed by atoms with van der Waals surface area (Å²) >= 11 is 0. The van der Waals surface area contributed by atoms with E-state index >= 15 is 0 Å². The molecule has 1 N–H and O–H groups in total. The van der Waals surface area contributed by atoms with Gasteiger partial charge in [0.2, 0.25) is 11.8 Å². The van der Waals surface area contributed by atoms with Gasteiger partial charge in [0.25, 0.3) is 0 Å². The van der Waals surface area contributed by atoms with Crippen LogP contribution in [0, 0.1) is 40.3 Å². The number of aliphatic hydroxyl groups is 1. The highest BCUT2D eigenvalue weighted by atomic mass is 19.1. The van der Waals surface area contributed by atoms with E-state index < -0.39 is 29.4 Å². The molecule has 2 heterocycles. The lowest BCUT2D eigenvalue weighted by Crippen LogP contribution is -2.60. The Kier molecular flexibility index (Phi) is 5.01. The van der Waals surface area contributed by atoms with E-state index in [-0.39, 0.29) is 22.8 Å². The van der Waals surface area contributed by atoms with E-state index in [1.54, 1.807) is 59.2 Å². The molecule has 4 atom stereocenters. The van der Waals surface area contributed by atoms with Crippen molar-refractivity contribution in [2.24, 2.45) is 16.8 Å². The third-order valence-corrected chi connectivity index (χ3v) is 5.85. The van der Waals surface area contributed by atoms with Crippen molar-refractivity contribution in [2.75, 3.05) is 0 Å². The van der Waals surface area contributed by atoms with Crippen molar-refractivity contribution >= 4 is 11.6 Å². The van der Waals surface area contributed by atoms with Gasteiger partial charge in [-0.3, -0.25) is 0 Å². The lowest BCUT2D eigenvalue weighted by molar-refractivity contribution is -0.743. The monoisotopic (exact) mass is 399 g/mol. The second kappa shape index (κ2) is 7.65. The van der Waals surface area contributed by atoms with Crippen LogP contribution >= 0.6 is 0 Å². The van der Waals surface area contributed by atoms with Crippen molar-refractivity contribution in [2.45, 2.75) is 30.5 Å². The molecule has 1 saturated carbocycles. The lowest BCUT2D eigenvalue weighted by atomic mass is 9.70. The van der Waals surface area contributed by atoms with Crippen molar-refractivity contribution in [3.8, 4) is 12.1 Å². The zero-order chi connectivity index (χ0) is 21.3. The standard InChI is InChI=1S/C23H18FN5O/c24-19-7-3-2-6-17(19)20-18(14-27)21(15(12-25)13-26)28-23(30,16-8-9-16)22(20)29-10-4-1-5-11-29/h1-7,10-11,16,18,20,22,30H,8-9H2/t18-,20-,22-,23+/m1/s1. The molecule has 0 radical (unpaired) electrons. The van der Waals surface area contributed by atoms with Gasteiger partial charge in [-0.15, -0.1) is 0 Å². The molecule has 6 nitrogen and oxygen atoms in total. The van der Waals surface area contributed by atoms with Gasteiger partial charge in [-0.2, -0.15) is 15.1 Å². The van der Waals surface area contributed by atoms with Crippen LogP contribution in [0.15, 0.2) is 65.4 Å². The Morgan fingerprint density at radius 2 is 1.87 bits per heavy atom. The molecule has 0 spiro atoms. The molecule has 1 aromatic carbocycles. The maximum Gasteiger partial charge on any atom is 0.222 e. The Hall–Kier alpha value is -3.64. The first-order valence-electron chi connectivity index (χ1n) is 9.64. The fraction of sp³-hybridized carbons (Fsp3) is 0.304. The number of nitriles is 2. The zero-order valence-electron chi connectivity index (χ0n) is 16.0. The summed E-state index contributed by atoms with van der Waals surface area (Å²) in [6.07, 6.45) is 4.93. The van der Waals surface area contributed by atoms with Crippen LogP contribution in [0.3, 0.4) is 0 Å². The quantitative estimate of drug-likeness (QED) is 0.485. The van der Waals surface area contributed by atoms with Gasteiger partial charge in [0.05, 0.1) is 23.3 Å². The number of aromatic nitrogens is 1. The van der Waals surface area contributed by atoms with Crippen LogP contribution in [0.25, 0.3) is 5.41 Å². The molecule has 2 aliphatic rings. The number of aliphatic imine (C=N–C) groups is 1. The highest BCUT2D eigenvalue weighted by molar-refractivity contribution is 6.13. The topological polar surface area (TPSA) is 106 Å². The van der Waals surface area contributed by atoms with E-state index in [4.69, 9.17) is 0 Å². The number of halogens is 1. The van der Waals surface area contributed by atoms with Gasteiger partial charge in [-0.1, -0.05) is 24.3 Å². The summed E-state index contributed by atoms with van der Waals surface area (Å²) in [6.45, 7) is 0. The smallest absolute Gasteiger partial charge is 0.222 e. The summed E-state index contributed by atoms with van der Waals surface area (Å²) in [7, 11) is 0. The molecule has 148 valence electrons. The van der Waals surface area contributed by atoms with Gasteiger partial charge in [0.1, 0.15) is 17.8 Å². The van der Waals surface area contributed by atoms with Crippen LogP contribution in [0.5, 0.6) is 0 Å². The number of allylic oxidation sites excluding steroid dienone is 1. The number of rotatable bonds is 4. The molecule has 1 aliphatic heterocycles. The van der Waals surface area contributed by atoms with Crippen LogP contribution in [-0.4, -0.2) is 22.4 Å². The van der Waals surface area contributed by atoms with Crippen molar-refractivity contribution in [1.29, 1.82) is 10.5 Å². The molecule has 0 bridgehead atoms. The highest BCUT2D eigenvalue weighted by Gasteiger charge is 2.62. The van der Waals surface area contributed by atoms with Crippen LogP contribution in [0.2, 0.25) is 0 Å². The summed E-state index contributed by atoms with van der Waals surface area (Å²) < 4.78 is 16.7. The molecular weight excluding hydrogens is 381 g/mol. The molecule has 0 saturated heterocycles. The normalized spacial score (nSPS) is 27.9. The predicted octanol–water partition coefficient (Wildman–Crippen LogP) is 2.82. The van der Waals surface area contributed by atoms with Crippen LogP contribution in [0.1, 0.15) is 30.4 Å². The number of nitrogens with zero attached hydrogens (tertiary/aromatic N) is 5. The maximum absolute atomic E-state index is 15.0. The van der Waals surface area contributed by atoms with Gasteiger partial charge in [-0.25, -0.2) is 15.3 Å². The van der Waals surface area contributed by atoms with E-state index in [1.807, 2.05) is 6.07 Å². The lowest BCUT2D eigenvalue weighted by Gasteiger charge is -2.41. The number of pyridine rings is 1. The fourth-order valence-corrected chi connectivity index (χ4v) is 4.38. The molecule has 1 aromatic heterocycles. The summed E-state index contributed by atoms with van der Waals surface area (Å²) in [5, 5.41) is 40.7. The maximum atomic E-state index is 15.0. The van der Waals surface area contributed by atoms with E-state index in [0.717, 1.165) is 0 Å². The van der Waals surface area contributed by atoms with Crippen LogP contribution in [0.4, 0.5) is 4.39 Å². The van der Waals surface area contributed by atoms with Crippen molar-refractivity contribution in [3.05, 3.63) is 77.2 Å². The molecule has 7 heteroatoms. The van der Waals surface area contributed by atoms with Crippen molar-refractivity contribution in [1.82, 2.24) is 0 Å². The third-order valence-electron chi connectivity index (χ3n) is 5.85. The second-order valence-electron chi connectivity index (χ2n) is 7.57. The minimum atomic E-state index is -1.68. The summed E-state index contributed by atoms with van der Waals surface area (Å²) in [5.74, 6) is -0.864. The molecule has 1 fully saturated rings. The summed E-state index contributed by atoms with van der Waals surface area (Å²) in [5.41, 5.74) is -1.84. The minimum Gasteiger partial charge on any atom is -0.762 e. The first kappa shape index (κ1) is 19.7. The Labute approximate surface area is 173 Å². The summed E-state index contributed by atoms with van der Waals surface area (Å²) in [4.78, 5) is 4.46. The van der Waals surface area contributed by atoms with E-state index in [2.05, 4.69) is 11.1 Å². The number of hydrogen-bond donors (Lipinski definition) is 1. The molecule has 1 aliphatic carbocycles. The van der Waals surface area contributed by atoms with Gasteiger partial charge < -0.3 is 10.5 Å². The fourth-order valence-electron chi connectivity index (χ4n) is 4.38. The van der Waals surface area contributed by atoms with Gasteiger partial charge >= 0.3 is 0 Å². The first-order valence-corrected chi connectivity index (χ1v) is 9.64. The highest BCUT2D eigenvalue weighted by Crippen LogP contribution is 2.54. The number of benzene rings is 1. The Balaban J connectivity index is 2.04. The summed E-state index contributed by atoms with van der Waals surface area (Å²) in [6, 6.07) is 14.6. The zero-order valence-corrected chi connectivity index (χ0v) is 16.0. The molecule has 0 unspecified atom stereocenters. The molecular formula is C23H18FN5O. The first-order chi connectivity index (χ1) is 14.5. The Morgan fingerprint density at radius 1 is 1.17 bits per heavy atom. The molecule has 0 amide bonds. The average molecular weight is 399 g/mol. The molecule has 2 aromatic rings. The average Bonchev–Trinajstić information content (AvgIpc) is 3.61. The molecule has 4 rings (SSSR count). The van der Waals surface area contributed by atoms with Crippen LogP contribution < -0.4 is 4.57 Å². The van der Waals surface area contributed by atoms with Crippen molar-refractivity contribution < 1.29 is 14.1 Å². The number of hydrogen-bond acceptors (Lipinski definition) is 4. The second-order valence-corrected chi connectivity index (χ2v) is 7.57. The van der Waals surface area contributed by atoms with E-state index in [1.165, 1.54) is 6.07 Å².